The highest BCUT2D eigenvalue weighted by Gasteiger charge is 2.31. The van der Waals surface area contributed by atoms with E-state index in [1.165, 1.54) is 18.2 Å². The van der Waals surface area contributed by atoms with Crippen molar-refractivity contribution in [1.29, 1.82) is 0 Å². The standard InChI is InChI=1S/C20H19ClF3NO5S/c1-3-25(4-2)31(28,29)18-11-14(8-9-16(18)21)19(27)30-12-17(26)13-6-5-7-15(10-13)20(22,23)24/h5-11H,3-4,12H2,1-2H3. The first kappa shape index (κ1) is 24.8. The zero-order chi connectivity index (χ0) is 23.4. The summed E-state index contributed by atoms with van der Waals surface area (Å²) >= 11 is 6.00. The van der Waals surface area contributed by atoms with E-state index in [4.69, 9.17) is 16.3 Å². The number of hydrogen-bond donors (Lipinski definition) is 0. The van der Waals surface area contributed by atoms with E-state index in [0.29, 0.717) is 6.07 Å². The Kier molecular flexibility index (Phi) is 7.85. The molecule has 0 aliphatic carbocycles. The fourth-order valence-corrected chi connectivity index (χ4v) is 4.66. The molecule has 0 aliphatic heterocycles. The van der Waals surface area contributed by atoms with Gasteiger partial charge >= 0.3 is 12.1 Å². The first-order valence-electron chi connectivity index (χ1n) is 9.09. The number of carbonyl (C=O) groups is 2. The number of nitrogens with zero attached hydrogens (tertiary/aromatic N) is 1. The second-order valence-electron chi connectivity index (χ2n) is 6.31. The van der Waals surface area contributed by atoms with Gasteiger partial charge in [-0.1, -0.05) is 37.6 Å². The lowest BCUT2D eigenvalue weighted by molar-refractivity contribution is -0.137. The van der Waals surface area contributed by atoms with Gasteiger partial charge in [0.15, 0.2) is 12.4 Å². The summed E-state index contributed by atoms with van der Waals surface area (Å²) < 4.78 is 69.8. The zero-order valence-electron chi connectivity index (χ0n) is 16.6. The van der Waals surface area contributed by atoms with E-state index in [1.54, 1.807) is 13.8 Å². The highest BCUT2D eigenvalue weighted by atomic mass is 35.5. The van der Waals surface area contributed by atoms with Crippen LogP contribution in [0.2, 0.25) is 5.02 Å². The number of rotatable bonds is 8. The summed E-state index contributed by atoms with van der Waals surface area (Å²) in [5.41, 5.74) is -1.45. The molecular formula is C20H19ClF3NO5S. The molecule has 2 aromatic carbocycles. The predicted molar refractivity (Wildman–Crippen MR) is 108 cm³/mol. The molecule has 168 valence electrons. The van der Waals surface area contributed by atoms with E-state index in [-0.39, 0.29) is 34.1 Å². The molecular weight excluding hydrogens is 459 g/mol. The smallest absolute Gasteiger partial charge is 0.416 e. The van der Waals surface area contributed by atoms with Crippen LogP contribution in [0, 0.1) is 0 Å². The second kappa shape index (κ2) is 9.80. The number of sulfonamides is 1. The Morgan fingerprint density at radius 2 is 1.68 bits per heavy atom. The van der Waals surface area contributed by atoms with E-state index in [1.807, 2.05) is 0 Å². The lowest BCUT2D eigenvalue weighted by Crippen LogP contribution is -2.31. The molecule has 0 aromatic heterocycles. The maximum Gasteiger partial charge on any atom is 0.416 e. The number of carbonyl (C=O) groups excluding carboxylic acids is 2. The third-order valence-electron chi connectivity index (χ3n) is 4.34. The van der Waals surface area contributed by atoms with Crippen LogP contribution < -0.4 is 0 Å². The number of hydrogen-bond acceptors (Lipinski definition) is 5. The van der Waals surface area contributed by atoms with Gasteiger partial charge in [-0.2, -0.15) is 17.5 Å². The lowest BCUT2D eigenvalue weighted by atomic mass is 10.1. The molecule has 0 heterocycles. The minimum absolute atomic E-state index is 0.0940. The number of Topliss-reactive ketones (excluding diaryl/α,β-unsaturated/α-hetero) is 1. The van der Waals surface area contributed by atoms with Crippen LogP contribution in [0.4, 0.5) is 13.2 Å². The van der Waals surface area contributed by atoms with Gasteiger partial charge in [0.25, 0.3) is 0 Å². The topological polar surface area (TPSA) is 80.8 Å². The number of benzene rings is 2. The third-order valence-corrected chi connectivity index (χ3v) is 6.87. The Hall–Kier alpha value is -2.43. The van der Waals surface area contributed by atoms with Crippen molar-refractivity contribution in [2.24, 2.45) is 0 Å². The molecule has 0 unspecified atom stereocenters. The number of halogens is 4. The van der Waals surface area contributed by atoms with Crippen molar-refractivity contribution in [1.82, 2.24) is 4.31 Å². The maximum atomic E-state index is 12.8. The molecule has 2 aromatic rings. The molecule has 0 saturated carbocycles. The van der Waals surface area contributed by atoms with Crippen LogP contribution in [0.25, 0.3) is 0 Å². The van der Waals surface area contributed by atoms with Gasteiger partial charge in [0.05, 0.1) is 16.1 Å². The van der Waals surface area contributed by atoms with Gasteiger partial charge in [-0.05, 0) is 30.3 Å². The van der Waals surface area contributed by atoms with Crippen LogP contribution in [-0.2, 0) is 20.9 Å². The average molecular weight is 478 g/mol. The van der Waals surface area contributed by atoms with Crippen molar-refractivity contribution >= 4 is 33.4 Å². The quantitative estimate of drug-likeness (QED) is 0.415. The maximum absolute atomic E-state index is 12.8. The molecule has 0 saturated heterocycles. The minimum Gasteiger partial charge on any atom is -0.454 e. The Bertz CT molecular complexity index is 1080. The molecule has 0 N–H and O–H groups in total. The molecule has 0 fully saturated rings. The highest BCUT2D eigenvalue weighted by molar-refractivity contribution is 7.89. The van der Waals surface area contributed by atoms with Gasteiger partial charge < -0.3 is 4.74 Å². The van der Waals surface area contributed by atoms with Crippen LogP contribution in [0.15, 0.2) is 47.4 Å². The molecule has 0 amide bonds. The Morgan fingerprint density at radius 3 is 2.26 bits per heavy atom. The zero-order valence-corrected chi connectivity index (χ0v) is 18.1. The highest BCUT2D eigenvalue weighted by Crippen LogP contribution is 2.30. The number of esters is 1. The molecule has 31 heavy (non-hydrogen) atoms. The van der Waals surface area contributed by atoms with Gasteiger partial charge in [0.2, 0.25) is 10.0 Å². The fraction of sp³-hybridized carbons (Fsp3) is 0.300. The summed E-state index contributed by atoms with van der Waals surface area (Å²) in [4.78, 5) is 24.1. The summed E-state index contributed by atoms with van der Waals surface area (Å²) in [5.74, 6) is -1.86. The van der Waals surface area contributed by atoms with Gasteiger partial charge in [-0.3, -0.25) is 4.79 Å². The minimum atomic E-state index is -4.62. The number of ether oxygens (including phenoxy) is 1. The Morgan fingerprint density at radius 1 is 1.03 bits per heavy atom. The number of ketones is 1. The summed E-state index contributed by atoms with van der Waals surface area (Å²) in [5, 5.41) is -0.0940. The molecule has 0 bridgehead atoms. The van der Waals surface area contributed by atoms with Crippen molar-refractivity contribution in [2.45, 2.75) is 24.9 Å². The van der Waals surface area contributed by atoms with E-state index in [0.717, 1.165) is 22.5 Å². The van der Waals surface area contributed by atoms with E-state index in [9.17, 15) is 31.2 Å². The largest absolute Gasteiger partial charge is 0.454 e. The van der Waals surface area contributed by atoms with Gasteiger partial charge in [-0.15, -0.1) is 0 Å². The van der Waals surface area contributed by atoms with Crippen molar-refractivity contribution in [3.8, 4) is 0 Å². The van der Waals surface area contributed by atoms with Crippen LogP contribution in [-0.4, -0.2) is 44.2 Å². The third kappa shape index (κ3) is 5.84. The van der Waals surface area contributed by atoms with Crippen LogP contribution in [0.3, 0.4) is 0 Å². The Balaban J connectivity index is 2.19. The fourth-order valence-electron chi connectivity index (χ4n) is 2.70. The molecule has 0 atom stereocenters. The van der Waals surface area contributed by atoms with E-state index >= 15 is 0 Å². The molecule has 0 aliphatic rings. The average Bonchev–Trinajstić information content (AvgIpc) is 2.72. The monoisotopic (exact) mass is 477 g/mol. The van der Waals surface area contributed by atoms with Crippen molar-refractivity contribution in [3.63, 3.8) is 0 Å². The molecule has 0 spiro atoms. The first-order valence-corrected chi connectivity index (χ1v) is 10.9. The molecule has 2 rings (SSSR count). The van der Waals surface area contributed by atoms with Crippen LogP contribution >= 0.6 is 11.6 Å². The summed E-state index contributed by atoms with van der Waals surface area (Å²) in [6, 6.07) is 7.18. The normalized spacial score (nSPS) is 12.1. The van der Waals surface area contributed by atoms with Crippen molar-refractivity contribution in [3.05, 3.63) is 64.2 Å². The van der Waals surface area contributed by atoms with Crippen LogP contribution in [0.5, 0.6) is 0 Å². The first-order chi connectivity index (χ1) is 14.4. The van der Waals surface area contributed by atoms with Gasteiger partial charge in [0, 0.05) is 18.7 Å². The molecule has 0 radical (unpaired) electrons. The molecule has 6 nitrogen and oxygen atoms in total. The van der Waals surface area contributed by atoms with Gasteiger partial charge in [0.1, 0.15) is 4.90 Å². The van der Waals surface area contributed by atoms with E-state index in [2.05, 4.69) is 0 Å². The predicted octanol–water partition coefficient (Wildman–Crippen LogP) is 4.43. The SMILES string of the molecule is CCN(CC)S(=O)(=O)c1cc(C(=O)OCC(=O)c2cccc(C(F)(F)F)c2)ccc1Cl. The molecule has 11 heteroatoms. The second-order valence-corrected chi connectivity index (χ2v) is 8.63. The summed E-state index contributed by atoms with van der Waals surface area (Å²) in [7, 11) is -3.96. The van der Waals surface area contributed by atoms with E-state index < -0.39 is 40.1 Å². The van der Waals surface area contributed by atoms with Crippen LogP contribution in [0.1, 0.15) is 40.1 Å². The Labute approximate surface area is 182 Å². The van der Waals surface area contributed by atoms with Gasteiger partial charge in [-0.25, -0.2) is 13.2 Å². The van der Waals surface area contributed by atoms with Crippen molar-refractivity contribution < 1.29 is 35.9 Å². The summed E-state index contributed by atoms with van der Waals surface area (Å²) in [6.07, 6.45) is -4.62. The number of alkyl halides is 3. The lowest BCUT2D eigenvalue weighted by Gasteiger charge is -2.19. The summed E-state index contributed by atoms with van der Waals surface area (Å²) in [6.45, 7) is 2.85. The van der Waals surface area contributed by atoms with Crippen molar-refractivity contribution in [2.75, 3.05) is 19.7 Å².